The number of nitrogens with one attached hydrogen (secondary N) is 1. The molecule has 1 aromatic carbocycles. The molecule has 104 valence electrons. The molecule has 1 unspecified atom stereocenters. The molecule has 1 atom stereocenters. The van der Waals surface area contributed by atoms with E-state index in [-0.39, 0.29) is 0 Å². The van der Waals surface area contributed by atoms with Gasteiger partial charge >= 0.3 is 0 Å². The lowest BCUT2D eigenvalue weighted by molar-refractivity contribution is 0.195. The summed E-state index contributed by atoms with van der Waals surface area (Å²) >= 11 is 6.29. The molecule has 3 rings (SSSR count). The van der Waals surface area contributed by atoms with Gasteiger partial charge in [-0.25, -0.2) is 0 Å². The van der Waals surface area contributed by atoms with Crippen molar-refractivity contribution < 1.29 is 0 Å². The van der Waals surface area contributed by atoms with Crippen LogP contribution in [0, 0.1) is 5.92 Å². The minimum absolute atomic E-state index is 0.303. The van der Waals surface area contributed by atoms with Crippen LogP contribution in [0.4, 0.5) is 0 Å². The van der Waals surface area contributed by atoms with Gasteiger partial charge in [-0.1, -0.05) is 29.8 Å². The van der Waals surface area contributed by atoms with E-state index >= 15 is 0 Å². The SMILES string of the molecule is CC1(C2CC2)CN(Cc2ccccc2Cl)CCCN1. The van der Waals surface area contributed by atoms with Crippen molar-refractivity contribution in [3.8, 4) is 0 Å². The molecular formula is C16H23ClN2. The number of nitrogens with zero attached hydrogens (tertiary/aromatic N) is 1. The van der Waals surface area contributed by atoms with Gasteiger partial charge in [0.05, 0.1) is 0 Å². The molecule has 2 fully saturated rings. The fourth-order valence-electron chi connectivity index (χ4n) is 3.27. The van der Waals surface area contributed by atoms with Crippen molar-refractivity contribution in [1.82, 2.24) is 10.2 Å². The first-order valence-corrected chi connectivity index (χ1v) is 7.76. The highest BCUT2D eigenvalue weighted by Crippen LogP contribution is 2.40. The Kier molecular flexibility index (Phi) is 3.84. The minimum atomic E-state index is 0.303. The van der Waals surface area contributed by atoms with Gasteiger partial charge in [0.1, 0.15) is 0 Å². The third kappa shape index (κ3) is 3.13. The fourth-order valence-corrected chi connectivity index (χ4v) is 3.47. The largest absolute Gasteiger partial charge is 0.310 e. The third-order valence-corrected chi connectivity index (χ3v) is 4.93. The van der Waals surface area contributed by atoms with Gasteiger partial charge in [-0.15, -0.1) is 0 Å². The molecule has 0 spiro atoms. The van der Waals surface area contributed by atoms with Gasteiger partial charge in [0.15, 0.2) is 0 Å². The quantitative estimate of drug-likeness (QED) is 0.913. The molecule has 1 heterocycles. The first-order valence-electron chi connectivity index (χ1n) is 7.38. The summed E-state index contributed by atoms with van der Waals surface area (Å²) in [6.07, 6.45) is 4.01. The van der Waals surface area contributed by atoms with Crippen LogP contribution in [0.2, 0.25) is 5.02 Å². The van der Waals surface area contributed by atoms with Gasteiger partial charge < -0.3 is 5.32 Å². The van der Waals surface area contributed by atoms with E-state index in [4.69, 9.17) is 11.6 Å². The van der Waals surface area contributed by atoms with E-state index in [0.717, 1.165) is 30.6 Å². The van der Waals surface area contributed by atoms with Gasteiger partial charge in [0.25, 0.3) is 0 Å². The molecule has 2 nitrogen and oxygen atoms in total. The molecule has 1 saturated carbocycles. The van der Waals surface area contributed by atoms with Crippen molar-refractivity contribution in [2.45, 2.75) is 38.3 Å². The molecule has 1 aromatic rings. The molecule has 0 bridgehead atoms. The highest BCUT2D eigenvalue weighted by Gasteiger charge is 2.42. The summed E-state index contributed by atoms with van der Waals surface area (Å²) in [5.41, 5.74) is 1.56. The molecule has 1 aliphatic carbocycles. The Morgan fingerprint density at radius 2 is 2.16 bits per heavy atom. The van der Waals surface area contributed by atoms with E-state index in [9.17, 15) is 0 Å². The topological polar surface area (TPSA) is 15.3 Å². The van der Waals surface area contributed by atoms with Crippen LogP contribution < -0.4 is 5.32 Å². The Morgan fingerprint density at radius 3 is 2.89 bits per heavy atom. The van der Waals surface area contributed by atoms with Crippen LogP contribution in [-0.4, -0.2) is 30.1 Å². The highest BCUT2D eigenvalue weighted by molar-refractivity contribution is 6.31. The summed E-state index contributed by atoms with van der Waals surface area (Å²) in [6.45, 7) is 6.83. The second-order valence-electron chi connectivity index (χ2n) is 6.27. The number of rotatable bonds is 3. The normalized spacial score (nSPS) is 29.2. The summed E-state index contributed by atoms with van der Waals surface area (Å²) < 4.78 is 0. The molecule has 0 radical (unpaired) electrons. The third-order valence-electron chi connectivity index (χ3n) is 4.56. The predicted molar refractivity (Wildman–Crippen MR) is 80.5 cm³/mol. The lowest BCUT2D eigenvalue weighted by Gasteiger charge is -2.34. The zero-order chi connectivity index (χ0) is 13.3. The minimum Gasteiger partial charge on any atom is -0.310 e. The maximum absolute atomic E-state index is 6.29. The molecule has 0 amide bonds. The van der Waals surface area contributed by atoms with Crippen molar-refractivity contribution in [3.05, 3.63) is 34.9 Å². The molecule has 19 heavy (non-hydrogen) atoms. The Balaban J connectivity index is 1.71. The monoisotopic (exact) mass is 278 g/mol. The zero-order valence-electron chi connectivity index (χ0n) is 11.7. The molecule has 1 saturated heterocycles. The highest BCUT2D eigenvalue weighted by atomic mass is 35.5. The first-order chi connectivity index (χ1) is 9.17. The summed E-state index contributed by atoms with van der Waals surface area (Å²) in [4.78, 5) is 2.57. The maximum atomic E-state index is 6.29. The van der Waals surface area contributed by atoms with Crippen LogP contribution in [-0.2, 0) is 6.54 Å². The van der Waals surface area contributed by atoms with Crippen LogP contribution in [0.1, 0.15) is 31.7 Å². The van der Waals surface area contributed by atoms with E-state index in [0.29, 0.717) is 5.54 Å². The summed E-state index contributed by atoms with van der Waals surface area (Å²) in [6, 6.07) is 8.23. The van der Waals surface area contributed by atoms with Crippen molar-refractivity contribution >= 4 is 11.6 Å². The van der Waals surface area contributed by atoms with Gasteiger partial charge in [0, 0.05) is 23.7 Å². The van der Waals surface area contributed by atoms with E-state index in [1.165, 1.54) is 31.4 Å². The molecule has 1 N–H and O–H groups in total. The number of benzene rings is 1. The Morgan fingerprint density at radius 1 is 1.37 bits per heavy atom. The average Bonchev–Trinajstić information content (AvgIpc) is 3.20. The first kappa shape index (κ1) is 13.4. The number of hydrogen-bond acceptors (Lipinski definition) is 2. The van der Waals surface area contributed by atoms with Crippen molar-refractivity contribution in [2.75, 3.05) is 19.6 Å². The Hall–Kier alpha value is -0.570. The van der Waals surface area contributed by atoms with Crippen LogP contribution in [0.5, 0.6) is 0 Å². The molecule has 2 aliphatic rings. The van der Waals surface area contributed by atoms with Crippen LogP contribution in [0.25, 0.3) is 0 Å². The summed E-state index contributed by atoms with van der Waals surface area (Å²) in [5.74, 6) is 0.874. The Bertz CT molecular complexity index is 444. The van der Waals surface area contributed by atoms with Gasteiger partial charge in [-0.2, -0.15) is 0 Å². The van der Waals surface area contributed by atoms with Gasteiger partial charge in [-0.05, 0) is 56.8 Å². The lowest BCUT2D eigenvalue weighted by Crippen LogP contribution is -2.50. The smallest absolute Gasteiger partial charge is 0.0451 e. The van der Waals surface area contributed by atoms with Crippen molar-refractivity contribution in [3.63, 3.8) is 0 Å². The van der Waals surface area contributed by atoms with E-state index in [1.807, 2.05) is 12.1 Å². The van der Waals surface area contributed by atoms with Crippen LogP contribution in [0.15, 0.2) is 24.3 Å². The fraction of sp³-hybridized carbons (Fsp3) is 0.625. The Labute approximate surface area is 121 Å². The standard InChI is InChI=1S/C16H23ClN2/c1-16(14-7-8-14)12-19(10-4-9-18-16)11-13-5-2-3-6-15(13)17/h2-3,5-6,14,18H,4,7-12H2,1H3. The van der Waals surface area contributed by atoms with Crippen LogP contribution >= 0.6 is 11.6 Å². The van der Waals surface area contributed by atoms with E-state index in [2.05, 4.69) is 29.3 Å². The second kappa shape index (κ2) is 5.43. The van der Waals surface area contributed by atoms with Crippen molar-refractivity contribution in [2.24, 2.45) is 5.92 Å². The van der Waals surface area contributed by atoms with Crippen LogP contribution in [0.3, 0.4) is 0 Å². The van der Waals surface area contributed by atoms with Gasteiger partial charge in [0.2, 0.25) is 0 Å². The van der Waals surface area contributed by atoms with Crippen molar-refractivity contribution in [1.29, 1.82) is 0 Å². The summed E-state index contributed by atoms with van der Waals surface area (Å²) in [7, 11) is 0. The molecular weight excluding hydrogens is 256 g/mol. The second-order valence-corrected chi connectivity index (χ2v) is 6.68. The molecule has 0 aromatic heterocycles. The molecule has 1 aliphatic heterocycles. The van der Waals surface area contributed by atoms with Gasteiger partial charge in [-0.3, -0.25) is 4.90 Å². The predicted octanol–water partition coefficient (Wildman–Crippen LogP) is 3.30. The maximum Gasteiger partial charge on any atom is 0.0451 e. The van der Waals surface area contributed by atoms with E-state index in [1.54, 1.807) is 0 Å². The number of halogens is 1. The average molecular weight is 279 g/mol. The molecule has 3 heteroatoms. The number of hydrogen-bond donors (Lipinski definition) is 1. The van der Waals surface area contributed by atoms with E-state index < -0.39 is 0 Å². The summed E-state index contributed by atoms with van der Waals surface area (Å²) in [5, 5.41) is 4.67. The zero-order valence-corrected chi connectivity index (χ0v) is 12.4. The lowest BCUT2D eigenvalue weighted by atomic mass is 9.95.